The molecule has 0 saturated heterocycles. The number of hydrogen-bond acceptors (Lipinski definition) is 2. The third-order valence-corrected chi connectivity index (χ3v) is 4.75. The van der Waals surface area contributed by atoms with E-state index in [0.717, 1.165) is 21.8 Å². The molecular weight excluding hydrogens is 294 g/mol. The molecule has 0 aliphatic heterocycles. The monoisotopic (exact) mass is 309 g/mol. The molecule has 0 radical (unpaired) electrons. The van der Waals surface area contributed by atoms with Crippen molar-refractivity contribution in [3.8, 4) is 0 Å². The van der Waals surface area contributed by atoms with Gasteiger partial charge in [-0.3, -0.25) is 0 Å². The van der Waals surface area contributed by atoms with Crippen molar-refractivity contribution in [3.63, 3.8) is 0 Å². The SMILES string of the molecule is CCNC(CC(C)C)c1cc(Cl)c(Br)s1. The van der Waals surface area contributed by atoms with Gasteiger partial charge >= 0.3 is 0 Å². The average molecular weight is 311 g/mol. The summed E-state index contributed by atoms with van der Waals surface area (Å²) in [5.74, 6) is 0.689. The zero-order valence-corrected chi connectivity index (χ0v) is 12.5. The quantitative estimate of drug-likeness (QED) is 0.819. The Morgan fingerprint density at radius 3 is 2.60 bits per heavy atom. The van der Waals surface area contributed by atoms with Crippen LogP contribution in [0.2, 0.25) is 5.02 Å². The summed E-state index contributed by atoms with van der Waals surface area (Å²) in [5, 5.41) is 4.32. The predicted molar refractivity (Wildman–Crippen MR) is 72.9 cm³/mol. The van der Waals surface area contributed by atoms with Crippen molar-refractivity contribution in [2.75, 3.05) is 6.54 Å². The van der Waals surface area contributed by atoms with Crippen molar-refractivity contribution < 1.29 is 0 Å². The largest absolute Gasteiger partial charge is 0.310 e. The summed E-state index contributed by atoms with van der Waals surface area (Å²) in [6.45, 7) is 7.62. The van der Waals surface area contributed by atoms with Gasteiger partial charge in [-0.25, -0.2) is 0 Å². The van der Waals surface area contributed by atoms with Crippen molar-refractivity contribution in [1.29, 1.82) is 0 Å². The molecule has 0 amide bonds. The van der Waals surface area contributed by atoms with E-state index >= 15 is 0 Å². The van der Waals surface area contributed by atoms with Crippen LogP contribution >= 0.6 is 38.9 Å². The highest BCUT2D eigenvalue weighted by molar-refractivity contribution is 9.11. The number of rotatable bonds is 5. The Balaban J connectivity index is 2.78. The molecule has 1 aromatic heterocycles. The van der Waals surface area contributed by atoms with Gasteiger partial charge in [-0.05, 0) is 40.9 Å². The first kappa shape index (κ1) is 13.5. The molecule has 0 aliphatic carbocycles. The molecule has 1 unspecified atom stereocenters. The van der Waals surface area contributed by atoms with Gasteiger partial charge in [-0.15, -0.1) is 11.3 Å². The minimum Gasteiger partial charge on any atom is -0.310 e. The number of halogens is 2. The van der Waals surface area contributed by atoms with Gasteiger partial charge in [0.2, 0.25) is 0 Å². The van der Waals surface area contributed by atoms with Crippen LogP contribution in [-0.4, -0.2) is 6.54 Å². The lowest BCUT2D eigenvalue weighted by atomic mass is 10.0. The van der Waals surface area contributed by atoms with Gasteiger partial charge in [0.25, 0.3) is 0 Å². The molecule has 1 atom stereocenters. The number of thiophene rings is 1. The molecule has 0 aromatic carbocycles. The van der Waals surface area contributed by atoms with Crippen LogP contribution in [0.3, 0.4) is 0 Å². The van der Waals surface area contributed by atoms with E-state index in [-0.39, 0.29) is 0 Å². The predicted octanol–water partition coefficient (Wildman–Crippen LogP) is 4.86. The fourth-order valence-corrected chi connectivity index (χ4v) is 3.39. The second-order valence-electron chi connectivity index (χ2n) is 4.01. The second-order valence-corrected chi connectivity index (χ2v) is 6.82. The summed E-state index contributed by atoms with van der Waals surface area (Å²) in [6, 6.07) is 2.50. The Hall–Kier alpha value is 0.430. The first-order valence-electron chi connectivity index (χ1n) is 5.22. The standard InChI is InChI=1S/C11H17BrClNS/c1-4-14-9(5-7(2)3)10-6-8(13)11(12)15-10/h6-7,9,14H,4-5H2,1-3H3. The van der Waals surface area contributed by atoms with Crippen LogP contribution < -0.4 is 5.32 Å². The Morgan fingerprint density at radius 2 is 2.20 bits per heavy atom. The van der Waals surface area contributed by atoms with Crippen LogP contribution in [0.5, 0.6) is 0 Å². The van der Waals surface area contributed by atoms with Crippen molar-refractivity contribution in [1.82, 2.24) is 5.32 Å². The third kappa shape index (κ3) is 4.06. The van der Waals surface area contributed by atoms with E-state index in [1.54, 1.807) is 11.3 Å². The molecule has 1 heterocycles. The molecule has 86 valence electrons. The van der Waals surface area contributed by atoms with E-state index in [1.165, 1.54) is 4.88 Å². The molecule has 0 spiro atoms. The first-order chi connectivity index (χ1) is 7.04. The zero-order valence-electron chi connectivity index (χ0n) is 9.31. The molecular formula is C11H17BrClNS. The molecule has 1 N–H and O–H groups in total. The number of nitrogens with one attached hydrogen (secondary N) is 1. The van der Waals surface area contributed by atoms with Gasteiger partial charge in [0.05, 0.1) is 8.81 Å². The maximum Gasteiger partial charge on any atom is 0.0887 e. The Bertz CT molecular complexity index is 292. The van der Waals surface area contributed by atoms with Crippen LogP contribution in [0.1, 0.15) is 38.1 Å². The third-order valence-electron chi connectivity index (χ3n) is 2.17. The topological polar surface area (TPSA) is 12.0 Å². The highest BCUT2D eigenvalue weighted by Gasteiger charge is 2.16. The molecule has 0 aliphatic rings. The lowest BCUT2D eigenvalue weighted by Gasteiger charge is -2.18. The van der Waals surface area contributed by atoms with Gasteiger partial charge in [0, 0.05) is 10.9 Å². The van der Waals surface area contributed by atoms with Gasteiger partial charge in [0.15, 0.2) is 0 Å². The molecule has 0 saturated carbocycles. The minimum absolute atomic E-state index is 0.434. The van der Waals surface area contributed by atoms with E-state index in [2.05, 4.69) is 48.1 Å². The van der Waals surface area contributed by atoms with Crippen molar-refractivity contribution in [2.45, 2.75) is 33.2 Å². The minimum atomic E-state index is 0.434. The van der Waals surface area contributed by atoms with Crippen LogP contribution in [0.4, 0.5) is 0 Å². The Morgan fingerprint density at radius 1 is 1.53 bits per heavy atom. The van der Waals surface area contributed by atoms with Crippen molar-refractivity contribution >= 4 is 38.9 Å². The number of hydrogen-bond donors (Lipinski definition) is 1. The molecule has 1 aromatic rings. The van der Waals surface area contributed by atoms with Crippen LogP contribution in [0.15, 0.2) is 9.85 Å². The molecule has 0 fully saturated rings. The van der Waals surface area contributed by atoms with E-state index in [1.807, 2.05) is 0 Å². The summed E-state index contributed by atoms with van der Waals surface area (Å²) in [6.07, 6.45) is 1.15. The Kier molecular flexibility index (Phi) is 5.61. The highest BCUT2D eigenvalue weighted by atomic mass is 79.9. The zero-order chi connectivity index (χ0) is 11.4. The molecule has 1 rings (SSSR count). The van der Waals surface area contributed by atoms with Gasteiger partial charge in [-0.1, -0.05) is 32.4 Å². The lowest BCUT2D eigenvalue weighted by molar-refractivity contribution is 0.443. The molecule has 4 heteroatoms. The molecule has 0 bridgehead atoms. The van der Waals surface area contributed by atoms with E-state index in [4.69, 9.17) is 11.6 Å². The summed E-state index contributed by atoms with van der Waals surface area (Å²) in [4.78, 5) is 1.32. The van der Waals surface area contributed by atoms with Gasteiger partial charge in [0.1, 0.15) is 0 Å². The lowest BCUT2D eigenvalue weighted by Crippen LogP contribution is -2.21. The van der Waals surface area contributed by atoms with E-state index < -0.39 is 0 Å². The van der Waals surface area contributed by atoms with Crippen molar-refractivity contribution in [3.05, 3.63) is 19.8 Å². The van der Waals surface area contributed by atoms with Crippen LogP contribution in [-0.2, 0) is 0 Å². The second kappa shape index (κ2) is 6.24. The normalized spacial score (nSPS) is 13.5. The van der Waals surface area contributed by atoms with Crippen LogP contribution in [0, 0.1) is 5.92 Å². The maximum atomic E-state index is 6.05. The molecule has 1 nitrogen and oxygen atoms in total. The smallest absolute Gasteiger partial charge is 0.0887 e. The summed E-state index contributed by atoms with van der Waals surface area (Å²) in [7, 11) is 0. The van der Waals surface area contributed by atoms with E-state index in [0.29, 0.717) is 12.0 Å². The fraction of sp³-hybridized carbons (Fsp3) is 0.636. The van der Waals surface area contributed by atoms with Crippen molar-refractivity contribution in [2.24, 2.45) is 5.92 Å². The van der Waals surface area contributed by atoms with Gasteiger partial charge in [-0.2, -0.15) is 0 Å². The highest BCUT2D eigenvalue weighted by Crippen LogP contribution is 2.36. The summed E-state index contributed by atoms with van der Waals surface area (Å²) < 4.78 is 1.03. The molecule has 15 heavy (non-hydrogen) atoms. The van der Waals surface area contributed by atoms with Gasteiger partial charge < -0.3 is 5.32 Å². The average Bonchev–Trinajstić information content (AvgIpc) is 2.46. The van der Waals surface area contributed by atoms with Crippen LogP contribution in [0.25, 0.3) is 0 Å². The Labute approximate surface area is 109 Å². The summed E-state index contributed by atoms with van der Waals surface area (Å²) >= 11 is 11.2. The maximum absolute atomic E-state index is 6.05. The first-order valence-corrected chi connectivity index (χ1v) is 7.21. The van der Waals surface area contributed by atoms with E-state index in [9.17, 15) is 0 Å². The summed E-state index contributed by atoms with van der Waals surface area (Å²) in [5.41, 5.74) is 0. The fourth-order valence-electron chi connectivity index (χ4n) is 1.55.